The molecule has 0 N–H and O–H groups in total. The Morgan fingerprint density at radius 3 is 1.74 bits per heavy atom. The summed E-state index contributed by atoms with van der Waals surface area (Å²) in [6.45, 7) is 0. The van der Waals surface area contributed by atoms with Crippen molar-refractivity contribution < 1.29 is 4.74 Å². The van der Waals surface area contributed by atoms with Crippen molar-refractivity contribution in [1.82, 2.24) is 19.1 Å². The van der Waals surface area contributed by atoms with Gasteiger partial charge in [-0.25, -0.2) is 9.97 Å². The summed E-state index contributed by atoms with van der Waals surface area (Å²) in [4.78, 5) is 9.14. The fourth-order valence-corrected chi connectivity index (χ4v) is 5.77. The van der Waals surface area contributed by atoms with Crippen LogP contribution in [-0.2, 0) is 0 Å². The molecule has 43 heavy (non-hydrogen) atoms. The van der Waals surface area contributed by atoms with Crippen molar-refractivity contribution >= 4 is 43.6 Å². The van der Waals surface area contributed by atoms with E-state index < -0.39 is 0 Å². The molecule has 0 aliphatic heterocycles. The van der Waals surface area contributed by atoms with Crippen LogP contribution < -0.4 is 4.74 Å². The number of aromatic nitrogens is 4. The van der Waals surface area contributed by atoms with Gasteiger partial charge in [0.1, 0.15) is 11.6 Å². The van der Waals surface area contributed by atoms with Crippen molar-refractivity contribution in [3.63, 3.8) is 0 Å². The van der Waals surface area contributed by atoms with Gasteiger partial charge in [0.05, 0.1) is 22.1 Å². The number of ether oxygens (including phenoxy) is 1. The minimum Gasteiger partial charge on any atom is -0.439 e. The lowest BCUT2D eigenvalue weighted by atomic mass is 10.1. The van der Waals surface area contributed by atoms with Crippen LogP contribution in [0.2, 0.25) is 0 Å². The Morgan fingerprint density at radius 1 is 0.419 bits per heavy atom. The zero-order valence-corrected chi connectivity index (χ0v) is 23.2. The van der Waals surface area contributed by atoms with Crippen LogP contribution in [0, 0.1) is 0 Å². The van der Waals surface area contributed by atoms with Gasteiger partial charge in [-0.15, -0.1) is 0 Å². The maximum atomic E-state index is 6.16. The van der Waals surface area contributed by atoms with Gasteiger partial charge in [0.25, 0.3) is 0 Å². The number of fused-ring (bicyclic) bond motifs is 4. The highest BCUT2D eigenvalue weighted by Crippen LogP contribution is 2.32. The van der Waals surface area contributed by atoms with E-state index in [1.54, 1.807) is 6.20 Å². The van der Waals surface area contributed by atoms with E-state index in [1.807, 2.05) is 48.7 Å². The van der Waals surface area contributed by atoms with Crippen molar-refractivity contribution in [3.05, 3.63) is 158 Å². The molecule has 0 radical (unpaired) electrons. The molecule has 0 unspecified atom stereocenters. The average molecular weight is 555 g/mol. The molecule has 0 saturated carbocycles. The van der Waals surface area contributed by atoms with Gasteiger partial charge in [-0.2, -0.15) is 0 Å². The third-order valence-corrected chi connectivity index (χ3v) is 7.71. The van der Waals surface area contributed by atoms with Crippen LogP contribution >= 0.6 is 0 Å². The summed E-state index contributed by atoms with van der Waals surface area (Å²) in [5.74, 6) is 2.13. The molecule has 8 aromatic rings. The van der Waals surface area contributed by atoms with Crippen LogP contribution in [0.25, 0.3) is 55.1 Å². The van der Waals surface area contributed by atoms with Gasteiger partial charge < -0.3 is 9.30 Å². The van der Waals surface area contributed by atoms with E-state index >= 15 is 0 Å². The molecule has 204 valence electrons. The molecule has 0 fully saturated rings. The minimum absolute atomic E-state index is 0.555. The summed E-state index contributed by atoms with van der Waals surface area (Å²) in [7, 11) is 0. The second-order valence-corrected chi connectivity index (χ2v) is 10.4. The van der Waals surface area contributed by atoms with Gasteiger partial charge >= 0.3 is 0 Å². The Kier molecular flexibility index (Phi) is 6.05. The van der Waals surface area contributed by atoms with Crippen molar-refractivity contribution in [3.8, 4) is 23.1 Å². The third-order valence-electron chi connectivity index (χ3n) is 7.71. The highest BCUT2D eigenvalue weighted by atomic mass is 16.5. The van der Waals surface area contributed by atoms with E-state index in [9.17, 15) is 0 Å². The second kappa shape index (κ2) is 10.5. The van der Waals surface area contributed by atoms with Gasteiger partial charge in [0.2, 0.25) is 5.88 Å². The number of hydrogen-bond donors (Lipinski definition) is 0. The second-order valence-electron chi connectivity index (χ2n) is 10.4. The molecule has 4 heterocycles. The number of rotatable bonds is 4. The van der Waals surface area contributed by atoms with Gasteiger partial charge in [0, 0.05) is 30.2 Å². The maximum absolute atomic E-state index is 6.16. The molecular weight excluding hydrogens is 528 g/mol. The number of benzene rings is 4. The predicted octanol–water partition coefficient (Wildman–Crippen LogP) is 9.59. The predicted molar refractivity (Wildman–Crippen MR) is 175 cm³/mol. The van der Waals surface area contributed by atoms with Gasteiger partial charge in [0.15, 0.2) is 0 Å². The van der Waals surface area contributed by atoms with Crippen LogP contribution in [0.15, 0.2) is 158 Å². The molecule has 0 bridgehead atoms. The lowest BCUT2D eigenvalue weighted by Crippen LogP contribution is -2.01. The molecule has 0 atom stereocenters. The fourth-order valence-electron chi connectivity index (χ4n) is 5.77. The first-order valence-corrected chi connectivity index (χ1v) is 14.2. The lowest BCUT2D eigenvalue weighted by molar-refractivity contribution is 0.463. The van der Waals surface area contributed by atoms with Crippen LogP contribution in [0.5, 0.6) is 11.6 Å². The highest BCUT2D eigenvalue weighted by Gasteiger charge is 2.12. The summed E-state index contributed by atoms with van der Waals surface area (Å²) >= 11 is 0. The van der Waals surface area contributed by atoms with Crippen molar-refractivity contribution in [2.75, 3.05) is 0 Å². The van der Waals surface area contributed by atoms with Crippen LogP contribution in [0.4, 0.5) is 0 Å². The first-order chi connectivity index (χ1) is 21.3. The molecule has 0 aliphatic rings. The molecular formula is C38H26N4O. The molecule has 8 rings (SSSR count). The Labute approximate surface area is 248 Å². The lowest BCUT2D eigenvalue weighted by Gasteiger charge is -2.15. The monoisotopic (exact) mass is 554 g/mol. The van der Waals surface area contributed by atoms with Crippen LogP contribution in [0.3, 0.4) is 0 Å². The molecule has 0 spiro atoms. The summed E-state index contributed by atoms with van der Waals surface area (Å²) in [6, 6.07) is 50.2. The first-order valence-electron chi connectivity index (χ1n) is 14.2. The van der Waals surface area contributed by atoms with E-state index in [0.717, 1.165) is 55.1 Å². The minimum atomic E-state index is 0.555. The highest BCUT2D eigenvalue weighted by molar-refractivity contribution is 6.01. The Hall–Kier alpha value is -5.94. The number of para-hydroxylation sites is 2. The number of pyridine rings is 2. The standard InChI is InChI=1S/C38H26N4O/c1-3-14-33-27(10-1)18-20-29-24-30-21-19-28-11-2-4-15-34(28)42(37-16-5-7-22-39-37)36(30)26-35(29)41(33)31-12-9-13-32(25-31)43-38-17-6-8-23-40-38/h1-26H. The quantitative estimate of drug-likeness (QED) is 0.218. The summed E-state index contributed by atoms with van der Waals surface area (Å²) in [6.07, 6.45) is 3.58. The fraction of sp³-hybridized carbons (Fsp3) is 0. The van der Waals surface area contributed by atoms with Crippen molar-refractivity contribution in [1.29, 1.82) is 0 Å². The van der Waals surface area contributed by atoms with Crippen molar-refractivity contribution in [2.45, 2.75) is 0 Å². The summed E-state index contributed by atoms with van der Waals surface area (Å²) < 4.78 is 10.7. The van der Waals surface area contributed by atoms with Crippen LogP contribution in [-0.4, -0.2) is 19.1 Å². The number of hydrogen-bond acceptors (Lipinski definition) is 3. The first kappa shape index (κ1) is 24.8. The molecule has 0 aliphatic carbocycles. The van der Waals surface area contributed by atoms with E-state index in [-0.39, 0.29) is 0 Å². The SMILES string of the molecule is c1ccc(Oc2cccc(-n3c4ccccc4ccc4cc5ccc6ccccc6n(-c6ccccn6)c5cc43)c2)nc1. The molecule has 5 nitrogen and oxygen atoms in total. The van der Waals surface area contributed by atoms with E-state index in [1.165, 1.54) is 0 Å². The zero-order chi connectivity index (χ0) is 28.6. The normalized spacial score (nSPS) is 11.3. The van der Waals surface area contributed by atoms with Gasteiger partial charge in [-0.1, -0.05) is 78.9 Å². The molecule has 0 saturated heterocycles. The van der Waals surface area contributed by atoms with E-state index in [2.05, 4.69) is 117 Å². The van der Waals surface area contributed by atoms with E-state index in [0.29, 0.717) is 11.6 Å². The third kappa shape index (κ3) is 4.53. The molecule has 4 aromatic heterocycles. The van der Waals surface area contributed by atoms with Crippen LogP contribution in [0.1, 0.15) is 0 Å². The van der Waals surface area contributed by atoms with Crippen molar-refractivity contribution in [2.24, 2.45) is 0 Å². The van der Waals surface area contributed by atoms with E-state index in [4.69, 9.17) is 9.72 Å². The molecule has 5 heteroatoms. The maximum Gasteiger partial charge on any atom is 0.219 e. The summed E-state index contributed by atoms with van der Waals surface area (Å²) in [5.41, 5.74) is 5.26. The van der Waals surface area contributed by atoms with Gasteiger partial charge in [-0.05, 0) is 76.1 Å². The Balaban J connectivity index is 1.49. The molecule has 0 amide bonds. The zero-order valence-electron chi connectivity index (χ0n) is 23.2. The Morgan fingerprint density at radius 2 is 1.05 bits per heavy atom. The smallest absolute Gasteiger partial charge is 0.219 e. The topological polar surface area (TPSA) is 44.9 Å². The number of nitrogens with zero attached hydrogens (tertiary/aromatic N) is 4. The average Bonchev–Trinajstić information content (AvgIpc) is 3.32. The van der Waals surface area contributed by atoms with Gasteiger partial charge in [-0.3, -0.25) is 4.57 Å². The molecule has 4 aromatic carbocycles. The summed E-state index contributed by atoms with van der Waals surface area (Å²) in [5, 5.41) is 4.50. The largest absolute Gasteiger partial charge is 0.439 e. The Bertz CT molecular complexity index is 2320.